The molecule has 2 aliphatic rings. The molecular formula is C19H21F2N3O4. The molecule has 1 aromatic carbocycles. The molecule has 0 radical (unpaired) electrons. The normalized spacial score (nSPS) is 21.8. The number of carboxylic acids is 1. The number of anilines is 1. The Kier molecular flexibility index (Phi) is 4.59. The van der Waals surface area contributed by atoms with Gasteiger partial charge >= 0.3 is 5.97 Å². The number of nitrogens with zero attached hydrogens (tertiary/aromatic N) is 3. The molecule has 2 N–H and O–H groups in total. The summed E-state index contributed by atoms with van der Waals surface area (Å²) >= 11 is 0. The Morgan fingerprint density at radius 3 is 2.61 bits per heavy atom. The number of hydrogen-bond acceptors (Lipinski definition) is 5. The van der Waals surface area contributed by atoms with Crippen LogP contribution < -0.4 is 10.3 Å². The van der Waals surface area contributed by atoms with Gasteiger partial charge in [-0.2, -0.15) is 0 Å². The zero-order valence-corrected chi connectivity index (χ0v) is 15.4. The van der Waals surface area contributed by atoms with Gasteiger partial charge in [-0.1, -0.05) is 0 Å². The van der Waals surface area contributed by atoms with Crippen LogP contribution in [0.15, 0.2) is 17.1 Å². The van der Waals surface area contributed by atoms with Crippen LogP contribution in [0.5, 0.6) is 0 Å². The van der Waals surface area contributed by atoms with Gasteiger partial charge in [0, 0.05) is 44.5 Å². The first-order valence-electron chi connectivity index (χ1n) is 9.27. The van der Waals surface area contributed by atoms with Gasteiger partial charge in [-0.25, -0.2) is 13.6 Å². The number of aliphatic hydroxyl groups is 1. The van der Waals surface area contributed by atoms with Crippen LogP contribution in [0.1, 0.15) is 23.7 Å². The number of carboxylic acid groups (broad SMARTS) is 1. The Bertz CT molecular complexity index is 1020. The average Bonchev–Trinajstić information content (AvgIpc) is 3.23. The number of β-amino-alcohol motifs (C(OH)–C–C–N with tert-alkyl or cyclic N) is 1. The Morgan fingerprint density at radius 1 is 1.29 bits per heavy atom. The highest BCUT2D eigenvalue weighted by Crippen LogP contribution is 2.38. The van der Waals surface area contributed by atoms with Gasteiger partial charge in [-0.15, -0.1) is 0 Å². The fourth-order valence-electron chi connectivity index (χ4n) is 4.57. The number of hydrogen-bond donors (Lipinski definition) is 2. The maximum absolute atomic E-state index is 15.5. The molecule has 0 saturated carbocycles. The standard InChI is InChI=1S/C19H21F2N3O4/c1-2-22-9-13(19(27)28)18(26)12-6-14(20)17(15(21)16(12)22)24-8-10-5-11(24)7-23(10)3-4-25/h6,9-11,25H,2-5,7-8H2,1H3,(H,27,28). The summed E-state index contributed by atoms with van der Waals surface area (Å²) < 4.78 is 31.7. The third-order valence-corrected chi connectivity index (χ3v) is 5.83. The topological polar surface area (TPSA) is 86.0 Å². The number of aromatic nitrogens is 1. The van der Waals surface area contributed by atoms with E-state index < -0.39 is 28.6 Å². The van der Waals surface area contributed by atoms with E-state index in [2.05, 4.69) is 4.90 Å². The van der Waals surface area contributed by atoms with Gasteiger partial charge in [-0.3, -0.25) is 9.69 Å². The van der Waals surface area contributed by atoms with E-state index in [0.29, 0.717) is 19.6 Å². The second kappa shape index (κ2) is 6.82. The van der Waals surface area contributed by atoms with E-state index in [0.717, 1.165) is 18.7 Å². The fourth-order valence-corrected chi connectivity index (χ4v) is 4.57. The highest BCUT2D eigenvalue weighted by atomic mass is 19.1. The van der Waals surface area contributed by atoms with Crippen LogP contribution in [-0.4, -0.2) is 64.0 Å². The number of aryl methyl sites for hydroxylation is 1. The van der Waals surface area contributed by atoms with Gasteiger partial charge in [-0.05, 0) is 19.4 Å². The van der Waals surface area contributed by atoms with Crippen molar-refractivity contribution in [1.29, 1.82) is 0 Å². The number of aromatic carboxylic acids is 1. The average molecular weight is 393 g/mol. The number of carbonyl (C=O) groups is 1. The molecular weight excluding hydrogens is 372 g/mol. The van der Waals surface area contributed by atoms with Gasteiger partial charge in [0.15, 0.2) is 5.82 Å². The minimum Gasteiger partial charge on any atom is -0.477 e. The third kappa shape index (κ3) is 2.68. The first-order valence-corrected chi connectivity index (χ1v) is 9.27. The van der Waals surface area contributed by atoms with Gasteiger partial charge in [0.05, 0.1) is 17.5 Å². The van der Waals surface area contributed by atoms with E-state index in [9.17, 15) is 19.1 Å². The summed E-state index contributed by atoms with van der Waals surface area (Å²) in [5, 5.41) is 18.1. The van der Waals surface area contributed by atoms with Crippen LogP contribution in [-0.2, 0) is 6.54 Å². The Morgan fingerprint density at radius 2 is 2.04 bits per heavy atom. The molecule has 28 heavy (non-hydrogen) atoms. The molecule has 0 spiro atoms. The van der Waals surface area contributed by atoms with E-state index in [1.54, 1.807) is 11.8 Å². The number of fused-ring (bicyclic) bond motifs is 3. The molecule has 0 aliphatic carbocycles. The highest BCUT2D eigenvalue weighted by molar-refractivity contribution is 5.94. The number of piperazine rings is 1. The SMILES string of the molecule is CCn1cc(C(=O)O)c(=O)c2cc(F)c(N3CC4CC3CN4CCO)c(F)c21. The van der Waals surface area contributed by atoms with Crippen molar-refractivity contribution in [3.63, 3.8) is 0 Å². The second-order valence-corrected chi connectivity index (χ2v) is 7.29. The van der Waals surface area contributed by atoms with E-state index in [1.165, 1.54) is 4.57 Å². The second-order valence-electron chi connectivity index (χ2n) is 7.29. The number of benzene rings is 1. The lowest BCUT2D eigenvalue weighted by atomic mass is 10.1. The van der Waals surface area contributed by atoms with Crippen molar-refractivity contribution < 1.29 is 23.8 Å². The van der Waals surface area contributed by atoms with Crippen molar-refractivity contribution in [2.75, 3.05) is 31.1 Å². The number of halogens is 2. The predicted molar refractivity (Wildman–Crippen MR) is 99.0 cm³/mol. The maximum atomic E-state index is 15.5. The molecule has 2 fully saturated rings. The Labute approximate surface area is 159 Å². The van der Waals surface area contributed by atoms with E-state index in [1.807, 2.05) is 0 Å². The Hall–Kier alpha value is -2.52. The molecule has 2 atom stereocenters. The monoisotopic (exact) mass is 393 g/mol. The first kappa shape index (κ1) is 18.8. The molecule has 0 amide bonds. The van der Waals surface area contributed by atoms with Crippen molar-refractivity contribution >= 4 is 22.6 Å². The van der Waals surface area contributed by atoms with Crippen LogP contribution in [0.4, 0.5) is 14.5 Å². The van der Waals surface area contributed by atoms with Crippen molar-refractivity contribution in [2.24, 2.45) is 0 Å². The number of likely N-dealkylation sites (tertiary alicyclic amines) is 1. The van der Waals surface area contributed by atoms with Crippen molar-refractivity contribution in [2.45, 2.75) is 32.0 Å². The zero-order chi connectivity index (χ0) is 20.2. The smallest absolute Gasteiger partial charge is 0.341 e. The van der Waals surface area contributed by atoms with Crippen LogP contribution >= 0.6 is 0 Å². The van der Waals surface area contributed by atoms with E-state index >= 15 is 4.39 Å². The molecule has 7 nitrogen and oxygen atoms in total. The van der Waals surface area contributed by atoms with Crippen molar-refractivity contribution in [3.8, 4) is 0 Å². The molecule has 2 aromatic rings. The summed E-state index contributed by atoms with van der Waals surface area (Å²) in [5.74, 6) is -3.14. The van der Waals surface area contributed by atoms with Crippen molar-refractivity contribution in [3.05, 3.63) is 39.7 Å². The summed E-state index contributed by atoms with van der Waals surface area (Å²) in [7, 11) is 0. The molecule has 2 aliphatic heterocycles. The van der Waals surface area contributed by atoms with Crippen LogP contribution in [0, 0.1) is 11.6 Å². The van der Waals surface area contributed by atoms with Crippen LogP contribution in [0.25, 0.3) is 10.9 Å². The molecule has 9 heteroatoms. The largest absolute Gasteiger partial charge is 0.477 e. The van der Waals surface area contributed by atoms with Gasteiger partial charge < -0.3 is 19.7 Å². The van der Waals surface area contributed by atoms with Crippen LogP contribution in [0.2, 0.25) is 0 Å². The third-order valence-electron chi connectivity index (χ3n) is 5.83. The lowest BCUT2D eigenvalue weighted by Gasteiger charge is -2.35. The molecule has 2 bridgehead atoms. The van der Waals surface area contributed by atoms with Gasteiger partial charge in [0.25, 0.3) is 0 Å². The molecule has 150 valence electrons. The summed E-state index contributed by atoms with van der Waals surface area (Å²) in [6.45, 7) is 3.55. The minimum atomic E-state index is -1.43. The van der Waals surface area contributed by atoms with Gasteiger partial charge in [0.1, 0.15) is 17.1 Å². The lowest BCUT2D eigenvalue weighted by molar-refractivity contribution is 0.0694. The van der Waals surface area contributed by atoms with Crippen molar-refractivity contribution in [1.82, 2.24) is 9.47 Å². The number of pyridine rings is 1. The Balaban J connectivity index is 1.85. The molecule has 4 rings (SSSR count). The quantitative estimate of drug-likeness (QED) is 0.795. The maximum Gasteiger partial charge on any atom is 0.341 e. The minimum absolute atomic E-state index is 0.0383. The lowest BCUT2D eigenvalue weighted by Crippen LogP contribution is -2.47. The van der Waals surface area contributed by atoms with E-state index in [-0.39, 0.29) is 41.8 Å². The fraction of sp³-hybridized carbons (Fsp3) is 0.474. The first-order chi connectivity index (χ1) is 13.4. The molecule has 1 aromatic heterocycles. The van der Waals surface area contributed by atoms with E-state index in [4.69, 9.17) is 5.11 Å². The molecule has 3 heterocycles. The van der Waals surface area contributed by atoms with Crippen LogP contribution in [0.3, 0.4) is 0 Å². The highest BCUT2D eigenvalue weighted by Gasteiger charge is 2.44. The summed E-state index contributed by atoms with van der Waals surface area (Å²) in [5.41, 5.74) is -1.66. The molecule has 2 saturated heterocycles. The van der Waals surface area contributed by atoms with Gasteiger partial charge in [0.2, 0.25) is 5.43 Å². The number of rotatable bonds is 5. The summed E-state index contributed by atoms with van der Waals surface area (Å²) in [6.07, 6.45) is 1.87. The predicted octanol–water partition coefficient (Wildman–Crippen LogP) is 1.25. The summed E-state index contributed by atoms with van der Waals surface area (Å²) in [6, 6.07) is 0.999. The number of aliphatic hydroxyl groups excluding tert-OH is 1. The zero-order valence-electron chi connectivity index (χ0n) is 15.4. The molecule has 2 unspecified atom stereocenters. The summed E-state index contributed by atoms with van der Waals surface area (Å²) in [4.78, 5) is 27.6.